The van der Waals surface area contributed by atoms with E-state index < -0.39 is 0 Å². The number of β-amino-alcohol motifs (C(OH)–C–C–N with tert-alkyl or cyclic N) is 1. The molecule has 0 aromatic heterocycles. The molecular weight excluding hydrogens is 212 g/mol. The van der Waals surface area contributed by atoms with Crippen LogP contribution < -0.4 is 0 Å². The first-order valence-corrected chi connectivity index (χ1v) is 7.11. The highest BCUT2D eigenvalue weighted by molar-refractivity contribution is 4.94. The van der Waals surface area contributed by atoms with Crippen LogP contribution in [0.25, 0.3) is 0 Å². The fraction of sp³-hybridized carbons (Fsp3) is 0.929. The lowest BCUT2D eigenvalue weighted by Crippen LogP contribution is -2.43. The third-order valence-electron chi connectivity index (χ3n) is 4.29. The fourth-order valence-electron chi connectivity index (χ4n) is 3.33. The predicted octanol–water partition coefficient (Wildman–Crippen LogP) is 2.31. The van der Waals surface area contributed by atoms with E-state index in [9.17, 15) is 5.11 Å². The van der Waals surface area contributed by atoms with Crippen LogP contribution in [0, 0.1) is 17.2 Å². The maximum atomic E-state index is 10.1. The summed E-state index contributed by atoms with van der Waals surface area (Å²) in [6.45, 7) is 1.69. The number of piperidine rings is 1. The number of likely N-dealkylation sites (tertiary alicyclic amines) is 1. The summed E-state index contributed by atoms with van der Waals surface area (Å²) in [4.78, 5) is 2.18. The summed E-state index contributed by atoms with van der Waals surface area (Å²) in [6.07, 6.45) is 9.27. The van der Waals surface area contributed by atoms with E-state index in [-0.39, 0.29) is 12.1 Å². The summed E-state index contributed by atoms with van der Waals surface area (Å²) >= 11 is 0. The maximum absolute atomic E-state index is 10.1. The SMILES string of the molecule is N#CC1CCCCN1CC(O)CC1CCCC1. The van der Waals surface area contributed by atoms with Crippen LogP contribution in [0.4, 0.5) is 0 Å². The third kappa shape index (κ3) is 3.69. The first kappa shape index (κ1) is 12.9. The molecule has 17 heavy (non-hydrogen) atoms. The van der Waals surface area contributed by atoms with Crippen LogP contribution in [0.1, 0.15) is 51.4 Å². The molecule has 1 saturated heterocycles. The van der Waals surface area contributed by atoms with Gasteiger partial charge >= 0.3 is 0 Å². The molecule has 96 valence electrons. The zero-order valence-electron chi connectivity index (χ0n) is 10.6. The number of nitriles is 1. The van der Waals surface area contributed by atoms with Crippen molar-refractivity contribution < 1.29 is 5.11 Å². The number of nitrogens with zero attached hydrogens (tertiary/aromatic N) is 2. The number of aliphatic hydroxyl groups is 1. The number of hydrogen-bond acceptors (Lipinski definition) is 3. The minimum absolute atomic E-state index is 0.0435. The first-order chi connectivity index (χ1) is 8.29. The number of aliphatic hydroxyl groups excluding tert-OH is 1. The maximum Gasteiger partial charge on any atom is 0.0978 e. The molecule has 0 spiro atoms. The molecule has 1 heterocycles. The van der Waals surface area contributed by atoms with Gasteiger partial charge in [-0.3, -0.25) is 4.90 Å². The molecule has 0 aromatic carbocycles. The van der Waals surface area contributed by atoms with Crippen molar-refractivity contribution in [2.75, 3.05) is 13.1 Å². The van der Waals surface area contributed by atoms with Crippen molar-refractivity contribution in [3.8, 4) is 6.07 Å². The zero-order chi connectivity index (χ0) is 12.1. The Morgan fingerprint density at radius 2 is 1.88 bits per heavy atom. The van der Waals surface area contributed by atoms with E-state index in [1.807, 2.05) is 0 Å². The van der Waals surface area contributed by atoms with Crippen molar-refractivity contribution in [2.24, 2.45) is 5.92 Å². The average Bonchev–Trinajstić information content (AvgIpc) is 2.82. The number of hydrogen-bond donors (Lipinski definition) is 1. The molecule has 2 atom stereocenters. The lowest BCUT2D eigenvalue weighted by atomic mass is 9.98. The Hall–Kier alpha value is -0.590. The third-order valence-corrected chi connectivity index (χ3v) is 4.29. The highest BCUT2D eigenvalue weighted by atomic mass is 16.3. The van der Waals surface area contributed by atoms with E-state index in [0.29, 0.717) is 6.54 Å². The van der Waals surface area contributed by atoms with Gasteiger partial charge in [-0.05, 0) is 38.1 Å². The van der Waals surface area contributed by atoms with Crippen molar-refractivity contribution in [2.45, 2.75) is 63.5 Å². The number of rotatable bonds is 4. The molecule has 2 fully saturated rings. The molecule has 3 nitrogen and oxygen atoms in total. The van der Waals surface area contributed by atoms with Gasteiger partial charge in [0, 0.05) is 6.54 Å². The highest BCUT2D eigenvalue weighted by Crippen LogP contribution is 2.29. The van der Waals surface area contributed by atoms with Crippen LogP contribution in [0.15, 0.2) is 0 Å². The second-order valence-electron chi connectivity index (χ2n) is 5.68. The van der Waals surface area contributed by atoms with Crippen molar-refractivity contribution in [1.82, 2.24) is 4.90 Å². The Morgan fingerprint density at radius 1 is 1.18 bits per heavy atom. The second-order valence-corrected chi connectivity index (χ2v) is 5.68. The van der Waals surface area contributed by atoms with Gasteiger partial charge in [0.15, 0.2) is 0 Å². The summed E-state index contributed by atoms with van der Waals surface area (Å²) in [5, 5.41) is 19.2. The minimum Gasteiger partial charge on any atom is -0.392 e. The molecular formula is C14H24N2O. The smallest absolute Gasteiger partial charge is 0.0978 e. The van der Waals surface area contributed by atoms with Gasteiger partial charge in [-0.25, -0.2) is 0 Å². The van der Waals surface area contributed by atoms with Crippen LogP contribution in [-0.2, 0) is 0 Å². The predicted molar refractivity (Wildman–Crippen MR) is 67.4 cm³/mol. The van der Waals surface area contributed by atoms with Gasteiger partial charge in [-0.2, -0.15) is 5.26 Å². The van der Waals surface area contributed by atoms with Gasteiger partial charge in [0.2, 0.25) is 0 Å². The highest BCUT2D eigenvalue weighted by Gasteiger charge is 2.26. The van der Waals surface area contributed by atoms with Gasteiger partial charge in [-0.1, -0.05) is 25.7 Å². The zero-order valence-corrected chi connectivity index (χ0v) is 10.6. The van der Waals surface area contributed by atoms with Gasteiger partial charge in [0.05, 0.1) is 18.2 Å². The van der Waals surface area contributed by atoms with E-state index in [1.165, 1.54) is 32.1 Å². The summed E-state index contributed by atoms with van der Waals surface area (Å²) in [7, 11) is 0. The van der Waals surface area contributed by atoms with E-state index >= 15 is 0 Å². The molecule has 0 bridgehead atoms. The van der Waals surface area contributed by atoms with Gasteiger partial charge in [0.25, 0.3) is 0 Å². The normalized spacial score (nSPS) is 29.1. The Kier molecular flexibility index (Phi) is 4.82. The Bertz CT molecular complexity index is 268. The van der Waals surface area contributed by atoms with Crippen molar-refractivity contribution in [1.29, 1.82) is 5.26 Å². The molecule has 2 aliphatic rings. The molecule has 1 aliphatic heterocycles. The lowest BCUT2D eigenvalue weighted by molar-refractivity contribution is 0.0682. The van der Waals surface area contributed by atoms with E-state index in [0.717, 1.165) is 31.7 Å². The van der Waals surface area contributed by atoms with E-state index in [4.69, 9.17) is 5.26 Å². The topological polar surface area (TPSA) is 47.3 Å². The van der Waals surface area contributed by atoms with E-state index in [1.54, 1.807) is 0 Å². The van der Waals surface area contributed by atoms with Gasteiger partial charge in [-0.15, -0.1) is 0 Å². The molecule has 0 aromatic rings. The average molecular weight is 236 g/mol. The van der Waals surface area contributed by atoms with Crippen LogP contribution in [0.3, 0.4) is 0 Å². The summed E-state index contributed by atoms with van der Waals surface area (Å²) < 4.78 is 0. The lowest BCUT2D eigenvalue weighted by Gasteiger charge is -2.33. The first-order valence-electron chi connectivity index (χ1n) is 7.11. The van der Waals surface area contributed by atoms with E-state index in [2.05, 4.69) is 11.0 Å². The summed E-state index contributed by atoms with van der Waals surface area (Å²) in [5.74, 6) is 0.732. The quantitative estimate of drug-likeness (QED) is 0.814. The Balaban J connectivity index is 1.76. The Labute approximate surface area is 104 Å². The van der Waals surface area contributed by atoms with Crippen LogP contribution in [-0.4, -0.2) is 35.2 Å². The van der Waals surface area contributed by atoms with Crippen LogP contribution in [0.5, 0.6) is 0 Å². The second kappa shape index (κ2) is 6.37. The largest absolute Gasteiger partial charge is 0.392 e. The van der Waals surface area contributed by atoms with Crippen molar-refractivity contribution in [3.05, 3.63) is 0 Å². The molecule has 3 heteroatoms. The van der Waals surface area contributed by atoms with Crippen molar-refractivity contribution >= 4 is 0 Å². The summed E-state index contributed by atoms with van der Waals surface area (Å²) in [6, 6.07) is 2.41. The fourth-order valence-corrected chi connectivity index (χ4v) is 3.33. The molecule has 0 amide bonds. The molecule has 2 rings (SSSR count). The van der Waals surface area contributed by atoms with Crippen LogP contribution in [0.2, 0.25) is 0 Å². The van der Waals surface area contributed by atoms with Gasteiger partial charge in [0.1, 0.15) is 0 Å². The van der Waals surface area contributed by atoms with Crippen LogP contribution >= 0.6 is 0 Å². The molecule has 1 N–H and O–H groups in total. The molecule has 2 unspecified atom stereocenters. The standard InChI is InChI=1S/C14H24N2O/c15-10-13-7-3-4-8-16(13)11-14(17)9-12-5-1-2-6-12/h12-14,17H,1-9,11H2. The van der Waals surface area contributed by atoms with Crippen molar-refractivity contribution in [3.63, 3.8) is 0 Å². The minimum atomic E-state index is -0.230. The van der Waals surface area contributed by atoms with Gasteiger partial charge < -0.3 is 5.11 Å². The molecule has 1 aliphatic carbocycles. The monoisotopic (exact) mass is 236 g/mol. The Morgan fingerprint density at radius 3 is 2.59 bits per heavy atom. The summed E-state index contributed by atoms with van der Waals surface area (Å²) in [5.41, 5.74) is 0. The molecule has 0 radical (unpaired) electrons. The molecule has 1 saturated carbocycles.